The monoisotopic (exact) mass is 477 g/mol. The molecule has 11 heteroatoms. The van der Waals surface area contributed by atoms with Gasteiger partial charge in [0.05, 0.1) is 22.9 Å². The van der Waals surface area contributed by atoms with Crippen LogP contribution in [0.1, 0.15) is 17.2 Å². The first-order valence-electron chi connectivity index (χ1n) is 9.76. The number of amides is 3. The summed E-state index contributed by atoms with van der Waals surface area (Å²) in [7, 11) is 0. The number of carbonyl (C=O) groups is 3. The largest absolute Gasteiger partial charge is 0.456 e. The van der Waals surface area contributed by atoms with Gasteiger partial charge >= 0.3 is 18.2 Å². The van der Waals surface area contributed by atoms with Gasteiger partial charge in [0.15, 0.2) is 0 Å². The molecule has 2 heterocycles. The Hall–Kier alpha value is -3.47. The van der Waals surface area contributed by atoms with Crippen molar-refractivity contribution >= 4 is 35.4 Å². The van der Waals surface area contributed by atoms with Crippen molar-refractivity contribution in [1.82, 2.24) is 10.2 Å². The molecule has 0 spiro atoms. The normalized spacial score (nSPS) is 18.1. The number of carbonyl (C=O) groups excluding carboxylic acids is 3. The summed E-state index contributed by atoms with van der Waals surface area (Å²) in [5.41, 5.74) is 0.523. The van der Waals surface area contributed by atoms with Crippen LogP contribution in [0.25, 0.3) is 0 Å². The zero-order valence-electron chi connectivity index (χ0n) is 17.2. The standard InChI is InChI=1S/C22H18F3N3O4S/c1-33-15-8-2-12(3-9-15)19-18-16(11-32-20(18)30)28(21(31)27-19)10-17(29)26-14-6-4-13(5-7-14)22(23,24)25/h2-9,19H,10-11H2,1H3,(H,26,29)(H,27,31). The average Bonchev–Trinajstić information content (AvgIpc) is 3.17. The van der Waals surface area contributed by atoms with Crippen LogP contribution in [-0.2, 0) is 20.5 Å². The summed E-state index contributed by atoms with van der Waals surface area (Å²) in [6, 6.07) is 9.99. The fraction of sp³-hybridized carbons (Fsp3) is 0.227. The number of cyclic esters (lactones) is 1. The number of nitrogens with one attached hydrogen (secondary N) is 2. The van der Waals surface area contributed by atoms with E-state index < -0.39 is 42.2 Å². The lowest BCUT2D eigenvalue weighted by Gasteiger charge is -2.32. The van der Waals surface area contributed by atoms with Gasteiger partial charge in [-0.15, -0.1) is 11.8 Å². The molecule has 172 valence electrons. The molecule has 0 aromatic heterocycles. The van der Waals surface area contributed by atoms with Gasteiger partial charge in [0.1, 0.15) is 13.2 Å². The van der Waals surface area contributed by atoms with Gasteiger partial charge in [-0.3, -0.25) is 9.69 Å². The predicted molar refractivity (Wildman–Crippen MR) is 114 cm³/mol. The molecule has 1 unspecified atom stereocenters. The highest BCUT2D eigenvalue weighted by Gasteiger charge is 2.42. The second kappa shape index (κ2) is 8.81. The van der Waals surface area contributed by atoms with E-state index in [0.29, 0.717) is 5.56 Å². The predicted octanol–water partition coefficient (Wildman–Crippen LogP) is 3.94. The quantitative estimate of drug-likeness (QED) is 0.503. The van der Waals surface area contributed by atoms with Crippen LogP contribution in [-0.4, -0.2) is 42.2 Å². The number of alkyl halides is 3. The Bertz CT molecular complexity index is 1130. The van der Waals surface area contributed by atoms with E-state index in [0.717, 1.165) is 34.1 Å². The smallest absolute Gasteiger partial charge is 0.416 e. The van der Waals surface area contributed by atoms with Gasteiger partial charge in [0.25, 0.3) is 0 Å². The zero-order valence-corrected chi connectivity index (χ0v) is 18.0. The van der Waals surface area contributed by atoms with Crippen LogP contribution in [0, 0.1) is 0 Å². The molecule has 2 aliphatic rings. The average molecular weight is 477 g/mol. The van der Waals surface area contributed by atoms with E-state index in [-0.39, 0.29) is 23.6 Å². The van der Waals surface area contributed by atoms with E-state index in [2.05, 4.69) is 10.6 Å². The van der Waals surface area contributed by atoms with Crippen LogP contribution in [0.4, 0.5) is 23.7 Å². The van der Waals surface area contributed by atoms with E-state index in [1.54, 1.807) is 23.9 Å². The van der Waals surface area contributed by atoms with E-state index >= 15 is 0 Å². The second-order valence-corrected chi connectivity index (χ2v) is 8.18. The summed E-state index contributed by atoms with van der Waals surface area (Å²) < 4.78 is 43.2. The van der Waals surface area contributed by atoms with Gasteiger partial charge < -0.3 is 15.4 Å². The fourth-order valence-corrected chi connectivity index (χ4v) is 4.02. The van der Waals surface area contributed by atoms with Gasteiger partial charge in [-0.25, -0.2) is 9.59 Å². The lowest BCUT2D eigenvalue weighted by Crippen LogP contribution is -2.49. The summed E-state index contributed by atoms with van der Waals surface area (Å²) >= 11 is 1.56. The molecule has 0 radical (unpaired) electrons. The molecule has 0 saturated heterocycles. The molecule has 0 aliphatic carbocycles. The number of halogens is 3. The lowest BCUT2D eigenvalue weighted by atomic mass is 9.96. The highest BCUT2D eigenvalue weighted by molar-refractivity contribution is 7.98. The number of urea groups is 1. The number of thioether (sulfide) groups is 1. The number of hydrogen-bond donors (Lipinski definition) is 2. The van der Waals surface area contributed by atoms with Crippen molar-refractivity contribution in [2.75, 3.05) is 24.7 Å². The summed E-state index contributed by atoms with van der Waals surface area (Å²) in [6.07, 6.45) is -2.56. The first-order chi connectivity index (χ1) is 15.7. The molecule has 1 atom stereocenters. The van der Waals surface area contributed by atoms with Crippen molar-refractivity contribution in [3.8, 4) is 0 Å². The summed E-state index contributed by atoms with van der Waals surface area (Å²) in [4.78, 5) is 39.8. The highest BCUT2D eigenvalue weighted by Crippen LogP contribution is 2.35. The van der Waals surface area contributed by atoms with Crippen molar-refractivity contribution in [2.45, 2.75) is 17.1 Å². The Morgan fingerprint density at radius 2 is 1.82 bits per heavy atom. The number of anilines is 1. The molecular formula is C22H18F3N3O4S. The van der Waals surface area contributed by atoms with Crippen LogP contribution in [0.15, 0.2) is 64.7 Å². The zero-order chi connectivity index (χ0) is 23.8. The molecule has 0 saturated carbocycles. The van der Waals surface area contributed by atoms with Gasteiger partial charge in [0.2, 0.25) is 5.91 Å². The Labute approximate surface area is 191 Å². The summed E-state index contributed by atoms with van der Waals surface area (Å²) in [6.45, 7) is -0.602. The van der Waals surface area contributed by atoms with Crippen molar-refractivity contribution < 1.29 is 32.3 Å². The fourth-order valence-electron chi connectivity index (χ4n) is 3.61. The SMILES string of the molecule is CSc1ccc(C2NC(=O)N(CC(=O)Nc3ccc(C(F)(F)F)cc3)C3=C2C(=O)OC3)cc1. The van der Waals surface area contributed by atoms with Crippen LogP contribution in [0.5, 0.6) is 0 Å². The number of ether oxygens (including phenoxy) is 1. The molecule has 3 amide bonds. The third kappa shape index (κ3) is 4.68. The number of rotatable bonds is 5. The van der Waals surface area contributed by atoms with Crippen molar-refractivity contribution in [2.24, 2.45) is 0 Å². The first-order valence-corrected chi connectivity index (χ1v) is 11.0. The molecule has 0 bridgehead atoms. The van der Waals surface area contributed by atoms with Gasteiger partial charge in [-0.1, -0.05) is 12.1 Å². The van der Waals surface area contributed by atoms with Crippen molar-refractivity contribution in [3.63, 3.8) is 0 Å². The van der Waals surface area contributed by atoms with Crippen LogP contribution < -0.4 is 10.6 Å². The maximum absolute atomic E-state index is 12.8. The summed E-state index contributed by atoms with van der Waals surface area (Å²) in [5, 5.41) is 5.19. The topological polar surface area (TPSA) is 87.7 Å². The summed E-state index contributed by atoms with van der Waals surface area (Å²) in [5.74, 6) is -1.23. The van der Waals surface area contributed by atoms with Gasteiger partial charge in [-0.05, 0) is 48.2 Å². The molecule has 2 N–H and O–H groups in total. The third-order valence-corrected chi connectivity index (χ3v) is 5.99. The number of benzene rings is 2. The van der Waals surface area contributed by atoms with Crippen LogP contribution in [0.2, 0.25) is 0 Å². The van der Waals surface area contributed by atoms with Gasteiger partial charge in [0, 0.05) is 10.6 Å². The van der Waals surface area contributed by atoms with Crippen LogP contribution >= 0.6 is 11.8 Å². The molecule has 0 fully saturated rings. The maximum atomic E-state index is 12.8. The molecule has 7 nitrogen and oxygen atoms in total. The van der Waals surface area contributed by atoms with Crippen LogP contribution in [0.3, 0.4) is 0 Å². The molecule has 4 rings (SSSR count). The number of nitrogens with zero attached hydrogens (tertiary/aromatic N) is 1. The maximum Gasteiger partial charge on any atom is 0.416 e. The lowest BCUT2D eigenvalue weighted by molar-refractivity contribution is -0.138. The minimum absolute atomic E-state index is 0.144. The number of esters is 1. The highest BCUT2D eigenvalue weighted by atomic mass is 32.2. The van der Waals surface area contributed by atoms with E-state index in [1.807, 2.05) is 18.4 Å². The van der Waals surface area contributed by atoms with Gasteiger partial charge in [-0.2, -0.15) is 13.2 Å². The Kier molecular flexibility index (Phi) is 6.07. The Balaban J connectivity index is 1.52. The molecule has 2 aromatic carbocycles. The van der Waals surface area contributed by atoms with E-state index in [1.165, 1.54) is 0 Å². The minimum Gasteiger partial charge on any atom is -0.456 e. The minimum atomic E-state index is -4.49. The van der Waals surface area contributed by atoms with Crippen molar-refractivity contribution in [3.05, 3.63) is 70.9 Å². The molecule has 2 aliphatic heterocycles. The Morgan fingerprint density at radius 3 is 2.42 bits per heavy atom. The molecule has 33 heavy (non-hydrogen) atoms. The molecule has 2 aromatic rings. The van der Waals surface area contributed by atoms with E-state index in [9.17, 15) is 27.6 Å². The van der Waals surface area contributed by atoms with Crippen molar-refractivity contribution in [1.29, 1.82) is 0 Å². The molecular weight excluding hydrogens is 459 g/mol. The second-order valence-electron chi connectivity index (χ2n) is 7.30. The Morgan fingerprint density at radius 1 is 1.15 bits per heavy atom. The van der Waals surface area contributed by atoms with E-state index in [4.69, 9.17) is 4.74 Å². The first kappa shape index (κ1) is 22.7. The number of hydrogen-bond acceptors (Lipinski definition) is 5. The third-order valence-electron chi connectivity index (χ3n) is 5.25.